The lowest BCUT2D eigenvalue weighted by molar-refractivity contribution is 0.0697. The number of aromatic hydroxyl groups is 1. The molecule has 0 bridgehead atoms. The number of rotatable bonds is 2. The molecule has 0 aliphatic carbocycles. The zero-order valence-electron chi connectivity index (χ0n) is 12.0. The summed E-state index contributed by atoms with van der Waals surface area (Å²) in [5, 5.41) is 24.0. The van der Waals surface area contributed by atoms with Crippen LogP contribution in [-0.2, 0) is 14.1 Å². The number of carboxylic acids is 1. The predicted octanol–water partition coefficient (Wildman–Crippen LogP) is 2.29. The Balaban J connectivity index is 2.44. The number of carbonyl (C=O) groups is 1. The van der Waals surface area contributed by atoms with E-state index in [1.165, 1.54) is 6.20 Å². The van der Waals surface area contributed by atoms with Gasteiger partial charge >= 0.3 is 5.97 Å². The SMILES string of the molecule is Cc1c(-c2c(C(=O)O)cnn2C)c2ccc(O)cc2n1C. The smallest absolute Gasteiger partial charge is 0.339 e. The number of hydrogen-bond acceptors (Lipinski definition) is 3. The van der Waals surface area contributed by atoms with Crippen molar-refractivity contribution in [2.45, 2.75) is 6.92 Å². The van der Waals surface area contributed by atoms with Gasteiger partial charge in [0.15, 0.2) is 0 Å². The Kier molecular flexibility index (Phi) is 2.76. The van der Waals surface area contributed by atoms with Crippen molar-refractivity contribution < 1.29 is 15.0 Å². The third kappa shape index (κ3) is 1.79. The molecule has 0 unspecified atom stereocenters. The molecule has 2 N–H and O–H groups in total. The predicted molar refractivity (Wildman–Crippen MR) is 78.5 cm³/mol. The van der Waals surface area contributed by atoms with E-state index in [0.717, 1.165) is 22.2 Å². The number of fused-ring (bicyclic) bond motifs is 1. The van der Waals surface area contributed by atoms with Crippen LogP contribution in [0, 0.1) is 6.92 Å². The van der Waals surface area contributed by atoms with Crippen LogP contribution in [0.15, 0.2) is 24.4 Å². The van der Waals surface area contributed by atoms with Gasteiger partial charge < -0.3 is 14.8 Å². The van der Waals surface area contributed by atoms with Gasteiger partial charge in [-0.15, -0.1) is 0 Å². The van der Waals surface area contributed by atoms with E-state index in [4.69, 9.17) is 0 Å². The minimum atomic E-state index is -1.01. The van der Waals surface area contributed by atoms with Crippen molar-refractivity contribution in [1.29, 1.82) is 0 Å². The molecule has 0 spiro atoms. The van der Waals surface area contributed by atoms with Crippen molar-refractivity contribution in [3.8, 4) is 17.0 Å². The van der Waals surface area contributed by atoms with Gasteiger partial charge in [0.2, 0.25) is 0 Å². The van der Waals surface area contributed by atoms with Crippen molar-refractivity contribution in [1.82, 2.24) is 14.3 Å². The van der Waals surface area contributed by atoms with Crippen molar-refractivity contribution in [2.24, 2.45) is 14.1 Å². The van der Waals surface area contributed by atoms with Gasteiger partial charge in [-0.25, -0.2) is 4.79 Å². The number of phenols is 1. The summed E-state index contributed by atoms with van der Waals surface area (Å²) in [6.07, 6.45) is 1.36. The number of aromatic carboxylic acids is 1. The number of phenolic OH excluding ortho intramolecular Hbond substituents is 1. The standard InChI is InChI=1S/C15H15N3O3/c1-8-13(14-11(15(20)21)7-16-18(14)3)10-5-4-9(19)6-12(10)17(8)2/h4-7,19H,1-3H3,(H,20,21). The van der Waals surface area contributed by atoms with Gasteiger partial charge in [0, 0.05) is 36.8 Å². The summed E-state index contributed by atoms with van der Waals surface area (Å²) in [4.78, 5) is 11.4. The largest absolute Gasteiger partial charge is 0.508 e. The van der Waals surface area contributed by atoms with E-state index in [2.05, 4.69) is 5.10 Å². The molecule has 0 saturated heterocycles. The molecule has 6 heteroatoms. The first-order chi connectivity index (χ1) is 9.91. The summed E-state index contributed by atoms with van der Waals surface area (Å²) in [6, 6.07) is 5.07. The molecule has 1 aromatic carbocycles. The average molecular weight is 285 g/mol. The second-order valence-electron chi connectivity index (χ2n) is 5.06. The monoisotopic (exact) mass is 285 g/mol. The maximum absolute atomic E-state index is 11.4. The molecule has 0 fully saturated rings. The summed E-state index contributed by atoms with van der Waals surface area (Å²) in [6.45, 7) is 1.92. The molecule has 3 aromatic rings. The topological polar surface area (TPSA) is 80.3 Å². The third-order valence-electron chi connectivity index (χ3n) is 3.88. The Morgan fingerprint density at radius 2 is 2.00 bits per heavy atom. The van der Waals surface area contributed by atoms with Crippen molar-refractivity contribution in [2.75, 3.05) is 0 Å². The van der Waals surface area contributed by atoms with Gasteiger partial charge in [-0.05, 0) is 19.1 Å². The zero-order valence-corrected chi connectivity index (χ0v) is 12.0. The fourth-order valence-electron chi connectivity index (χ4n) is 2.74. The molecule has 6 nitrogen and oxygen atoms in total. The number of carboxylic acid groups (broad SMARTS) is 1. The second kappa shape index (κ2) is 4.37. The van der Waals surface area contributed by atoms with Crippen LogP contribution in [0.5, 0.6) is 5.75 Å². The van der Waals surface area contributed by atoms with E-state index in [1.54, 1.807) is 29.9 Å². The summed E-state index contributed by atoms with van der Waals surface area (Å²) < 4.78 is 3.50. The Morgan fingerprint density at radius 1 is 1.29 bits per heavy atom. The number of benzene rings is 1. The molecule has 3 rings (SSSR count). The van der Waals surface area contributed by atoms with Gasteiger partial charge in [0.05, 0.1) is 17.4 Å². The normalized spacial score (nSPS) is 11.2. The zero-order chi connectivity index (χ0) is 15.3. The van der Waals surface area contributed by atoms with Gasteiger partial charge in [-0.1, -0.05) is 0 Å². The minimum absolute atomic E-state index is 0.168. The van der Waals surface area contributed by atoms with E-state index >= 15 is 0 Å². The summed E-state index contributed by atoms with van der Waals surface area (Å²) in [5.41, 5.74) is 3.32. The third-order valence-corrected chi connectivity index (χ3v) is 3.88. The summed E-state index contributed by atoms with van der Waals surface area (Å²) in [5.74, 6) is -0.827. The van der Waals surface area contributed by atoms with Crippen LogP contribution in [0.2, 0.25) is 0 Å². The molecule has 0 amide bonds. The highest BCUT2D eigenvalue weighted by atomic mass is 16.4. The van der Waals surface area contributed by atoms with Gasteiger partial charge in [-0.3, -0.25) is 4.68 Å². The lowest BCUT2D eigenvalue weighted by Crippen LogP contribution is -2.02. The lowest BCUT2D eigenvalue weighted by atomic mass is 10.0. The van der Waals surface area contributed by atoms with Gasteiger partial charge in [-0.2, -0.15) is 5.10 Å². The molecule has 21 heavy (non-hydrogen) atoms. The highest BCUT2D eigenvalue weighted by Gasteiger charge is 2.23. The van der Waals surface area contributed by atoms with E-state index < -0.39 is 5.97 Å². The van der Waals surface area contributed by atoms with Crippen LogP contribution in [0.1, 0.15) is 16.1 Å². The first-order valence-corrected chi connectivity index (χ1v) is 6.45. The summed E-state index contributed by atoms with van der Waals surface area (Å²) in [7, 11) is 3.61. The van der Waals surface area contributed by atoms with Gasteiger partial charge in [0.25, 0.3) is 0 Å². The van der Waals surface area contributed by atoms with Crippen LogP contribution < -0.4 is 0 Å². The van der Waals surface area contributed by atoms with Crippen LogP contribution in [-0.4, -0.2) is 30.5 Å². The Labute approximate surface area is 120 Å². The van der Waals surface area contributed by atoms with E-state index in [9.17, 15) is 15.0 Å². The minimum Gasteiger partial charge on any atom is -0.508 e. The number of aromatic nitrogens is 3. The van der Waals surface area contributed by atoms with Crippen LogP contribution in [0.25, 0.3) is 22.2 Å². The molecule has 108 valence electrons. The number of hydrogen-bond donors (Lipinski definition) is 2. The molecule has 0 atom stereocenters. The second-order valence-corrected chi connectivity index (χ2v) is 5.06. The fourth-order valence-corrected chi connectivity index (χ4v) is 2.74. The van der Waals surface area contributed by atoms with Crippen LogP contribution in [0.3, 0.4) is 0 Å². The molecular weight excluding hydrogens is 270 g/mol. The highest BCUT2D eigenvalue weighted by molar-refractivity contribution is 6.03. The molecule has 2 heterocycles. The van der Waals surface area contributed by atoms with Crippen molar-refractivity contribution in [3.63, 3.8) is 0 Å². The molecule has 0 aliphatic heterocycles. The van der Waals surface area contributed by atoms with Crippen LogP contribution >= 0.6 is 0 Å². The van der Waals surface area contributed by atoms with Gasteiger partial charge in [0.1, 0.15) is 11.3 Å². The summed E-state index contributed by atoms with van der Waals surface area (Å²) >= 11 is 0. The van der Waals surface area contributed by atoms with Crippen LogP contribution in [0.4, 0.5) is 0 Å². The highest BCUT2D eigenvalue weighted by Crippen LogP contribution is 2.36. The molecule has 0 saturated carbocycles. The maximum atomic E-state index is 11.4. The number of nitrogens with zero attached hydrogens (tertiary/aromatic N) is 3. The Morgan fingerprint density at radius 3 is 2.67 bits per heavy atom. The maximum Gasteiger partial charge on any atom is 0.339 e. The molecule has 0 radical (unpaired) electrons. The first-order valence-electron chi connectivity index (χ1n) is 6.45. The van der Waals surface area contributed by atoms with Crippen molar-refractivity contribution in [3.05, 3.63) is 35.7 Å². The molecular formula is C15H15N3O3. The molecule has 0 aliphatic rings. The quantitative estimate of drug-likeness (QED) is 0.757. The fraction of sp³-hybridized carbons (Fsp3) is 0.200. The lowest BCUT2D eigenvalue weighted by Gasteiger charge is -2.05. The number of aryl methyl sites for hydroxylation is 2. The van der Waals surface area contributed by atoms with Crippen molar-refractivity contribution >= 4 is 16.9 Å². The Hall–Kier alpha value is -2.76. The Bertz CT molecular complexity index is 874. The van der Waals surface area contributed by atoms with E-state index in [1.807, 2.05) is 18.5 Å². The first kappa shape index (κ1) is 13.2. The molecule has 2 aromatic heterocycles. The van der Waals surface area contributed by atoms with E-state index in [-0.39, 0.29) is 11.3 Å². The average Bonchev–Trinajstić information content (AvgIpc) is 2.91. The van der Waals surface area contributed by atoms with E-state index in [0.29, 0.717) is 5.69 Å².